The average molecular weight is 244 g/mol. The quantitative estimate of drug-likeness (QED) is 0.637. The van der Waals surface area contributed by atoms with Gasteiger partial charge < -0.3 is 5.32 Å². The van der Waals surface area contributed by atoms with Crippen LogP contribution in [0.25, 0.3) is 0 Å². The molecule has 0 heterocycles. The van der Waals surface area contributed by atoms with Crippen molar-refractivity contribution in [2.75, 3.05) is 5.32 Å². The van der Waals surface area contributed by atoms with Crippen LogP contribution in [0.3, 0.4) is 0 Å². The highest BCUT2D eigenvalue weighted by atomic mass is 19.1. The molecule has 0 radical (unpaired) electrons. The number of nitrogens with one attached hydrogen (secondary N) is 1. The average Bonchev–Trinajstić information content (AvgIpc) is 2.28. The molecule has 0 bridgehead atoms. The molecule has 0 aliphatic carbocycles. The van der Waals surface area contributed by atoms with Crippen LogP contribution >= 0.6 is 0 Å². The fourth-order valence-corrected chi connectivity index (χ4v) is 1.50. The van der Waals surface area contributed by atoms with Crippen LogP contribution in [0.5, 0.6) is 0 Å². The Bertz CT molecular complexity index is 397. The lowest BCUT2D eigenvalue weighted by Crippen LogP contribution is -2.19. The molecule has 0 saturated carbocycles. The van der Waals surface area contributed by atoms with Crippen LogP contribution in [0.15, 0.2) is 12.1 Å². The van der Waals surface area contributed by atoms with E-state index < -0.39 is 22.2 Å². The Hall–Kier alpha value is -1.72. The fraction of sp³-hybridized carbons (Fsp3) is 0.455. The van der Waals surface area contributed by atoms with Crippen molar-refractivity contribution in [1.29, 1.82) is 0 Å². The Labute approximate surface area is 97.8 Å². The fourth-order valence-electron chi connectivity index (χ4n) is 1.50. The molecule has 1 rings (SSSR count). The number of hydrogen-bond acceptors (Lipinski definition) is 3. The number of rotatable bonds is 5. The number of anilines is 1. The zero-order valence-corrected chi connectivity index (χ0v) is 9.67. The molecule has 0 aromatic heterocycles. The van der Waals surface area contributed by atoms with E-state index in [0.29, 0.717) is 25.0 Å². The molecule has 0 aliphatic heterocycles. The van der Waals surface area contributed by atoms with Gasteiger partial charge in [0.2, 0.25) is 0 Å². The van der Waals surface area contributed by atoms with Crippen molar-refractivity contribution in [1.82, 2.24) is 0 Å². The van der Waals surface area contributed by atoms with Gasteiger partial charge in [-0.2, -0.15) is 0 Å². The van der Waals surface area contributed by atoms with Crippen LogP contribution in [0, 0.1) is 21.7 Å². The number of halogens is 2. The molecule has 0 saturated heterocycles. The summed E-state index contributed by atoms with van der Waals surface area (Å²) in [5, 5.41) is 13.1. The molecule has 1 aromatic rings. The normalized spacial score (nSPS) is 10.6. The highest BCUT2D eigenvalue weighted by Crippen LogP contribution is 2.26. The van der Waals surface area contributed by atoms with E-state index in [0.717, 1.165) is 0 Å². The van der Waals surface area contributed by atoms with Gasteiger partial charge in [-0.3, -0.25) is 10.1 Å². The Morgan fingerprint density at radius 2 is 1.76 bits per heavy atom. The summed E-state index contributed by atoms with van der Waals surface area (Å²) in [6.45, 7) is 3.78. The number of nitro benzene ring substituents is 1. The van der Waals surface area contributed by atoms with Crippen LogP contribution in [0.2, 0.25) is 0 Å². The first-order valence-electron chi connectivity index (χ1n) is 5.39. The van der Waals surface area contributed by atoms with Gasteiger partial charge >= 0.3 is 0 Å². The number of nitrogens with zero attached hydrogens (tertiary/aromatic N) is 1. The second-order valence-corrected chi connectivity index (χ2v) is 3.70. The summed E-state index contributed by atoms with van der Waals surface area (Å²) in [6.07, 6.45) is 1.43. The monoisotopic (exact) mass is 244 g/mol. The van der Waals surface area contributed by atoms with Crippen LogP contribution in [0.1, 0.15) is 26.7 Å². The van der Waals surface area contributed by atoms with Gasteiger partial charge in [-0.15, -0.1) is 0 Å². The zero-order chi connectivity index (χ0) is 13.0. The van der Waals surface area contributed by atoms with E-state index in [1.54, 1.807) is 0 Å². The molecule has 0 fully saturated rings. The lowest BCUT2D eigenvalue weighted by atomic mass is 10.1. The lowest BCUT2D eigenvalue weighted by molar-refractivity contribution is -0.385. The van der Waals surface area contributed by atoms with E-state index in [2.05, 4.69) is 5.32 Å². The van der Waals surface area contributed by atoms with Crippen molar-refractivity contribution in [3.8, 4) is 0 Å². The Balaban J connectivity index is 3.05. The molecule has 0 aliphatic rings. The molecule has 0 atom stereocenters. The third-order valence-electron chi connectivity index (χ3n) is 2.57. The Kier molecular flexibility index (Phi) is 4.37. The van der Waals surface area contributed by atoms with E-state index >= 15 is 0 Å². The number of non-ortho nitro benzene ring substituents is 1. The van der Waals surface area contributed by atoms with Crippen molar-refractivity contribution in [3.63, 3.8) is 0 Å². The predicted octanol–water partition coefficient (Wildman–Crippen LogP) is 3.47. The summed E-state index contributed by atoms with van der Waals surface area (Å²) in [5.41, 5.74) is -0.889. The second kappa shape index (κ2) is 5.56. The van der Waals surface area contributed by atoms with E-state index in [1.165, 1.54) is 0 Å². The van der Waals surface area contributed by atoms with E-state index in [1.807, 2.05) is 13.8 Å². The standard InChI is InChI=1S/C11H14F2N2O2/c1-3-7(4-2)14-11-9(12)5-8(15(16)17)6-10(11)13/h5-7,14H,3-4H2,1-2H3. The maximum Gasteiger partial charge on any atom is 0.275 e. The Morgan fingerprint density at radius 3 is 2.12 bits per heavy atom. The van der Waals surface area contributed by atoms with Gasteiger partial charge in [0.05, 0.1) is 17.1 Å². The summed E-state index contributed by atoms with van der Waals surface area (Å²) in [5.74, 6) is -1.88. The third-order valence-corrected chi connectivity index (χ3v) is 2.57. The van der Waals surface area contributed by atoms with E-state index in [4.69, 9.17) is 0 Å². The van der Waals surface area contributed by atoms with Gasteiger partial charge in [-0.05, 0) is 12.8 Å². The summed E-state index contributed by atoms with van der Waals surface area (Å²) in [6, 6.07) is 1.38. The van der Waals surface area contributed by atoms with Crippen molar-refractivity contribution < 1.29 is 13.7 Å². The topological polar surface area (TPSA) is 55.2 Å². The minimum atomic E-state index is -0.941. The molecular weight excluding hydrogens is 230 g/mol. The van der Waals surface area contributed by atoms with E-state index in [-0.39, 0.29) is 11.7 Å². The molecule has 6 heteroatoms. The first kappa shape index (κ1) is 13.3. The molecule has 17 heavy (non-hydrogen) atoms. The van der Waals surface area contributed by atoms with Crippen molar-refractivity contribution in [3.05, 3.63) is 33.9 Å². The number of hydrogen-bond donors (Lipinski definition) is 1. The van der Waals surface area contributed by atoms with E-state index in [9.17, 15) is 18.9 Å². The van der Waals surface area contributed by atoms with Gasteiger partial charge in [0, 0.05) is 6.04 Å². The van der Waals surface area contributed by atoms with Gasteiger partial charge in [-0.1, -0.05) is 13.8 Å². The SMILES string of the molecule is CCC(CC)Nc1c(F)cc([N+](=O)[O-])cc1F. The van der Waals surface area contributed by atoms with Crippen LogP contribution in [-0.2, 0) is 0 Å². The van der Waals surface area contributed by atoms with Crippen molar-refractivity contribution in [2.24, 2.45) is 0 Å². The number of nitro groups is 1. The molecule has 4 nitrogen and oxygen atoms in total. The highest BCUT2D eigenvalue weighted by molar-refractivity contribution is 5.52. The number of benzene rings is 1. The zero-order valence-electron chi connectivity index (χ0n) is 9.67. The molecule has 1 aromatic carbocycles. The van der Waals surface area contributed by atoms with Gasteiger partial charge in [0.15, 0.2) is 11.6 Å². The molecule has 94 valence electrons. The van der Waals surface area contributed by atoms with Gasteiger partial charge in [-0.25, -0.2) is 8.78 Å². The van der Waals surface area contributed by atoms with Crippen molar-refractivity contribution >= 4 is 11.4 Å². The first-order valence-corrected chi connectivity index (χ1v) is 5.39. The molecule has 1 N–H and O–H groups in total. The molecular formula is C11H14F2N2O2. The maximum atomic E-state index is 13.5. The molecule has 0 amide bonds. The summed E-state index contributed by atoms with van der Waals surface area (Å²) >= 11 is 0. The maximum absolute atomic E-state index is 13.5. The van der Waals surface area contributed by atoms with Crippen molar-refractivity contribution in [2.45, 2.75) is 32.7 Å². The summed E-state index contributed by atoms with van der Waals surface area (Å²) in [4.78, 5) is 9.58. The van der Waals surface area contributed by atoms with Gasteiger partial charge in [0.1, 0.15) is 5.69 Å². The molecule has 0 spiro atoms. The lowest BCUT2D eigenvalue weighted by Gasteiger charge is -2.17. The van der Waals surface area contributed by atoms with Gasteiger partial charge in [0.25, 0.3) is 5.69 Å². The third kappa shape index (κ3) is 3.12. The first-order chi connectivity index (χ1) is 7.99. The van der Waals surface area contributed by atoms with Crippen LogP contribution in [-0.4, -0.2) is 11.0 Å². The predicted molar refractivity (Wildman–Crippen MR) is 61.0 cm³/mol. The smallest absolute Gasteiger partial charge is 0.275 e. The summed E-state index contributed by atoms with van der Waals surface area (Å²) in [7, 11) is 0. The minimum Gasteiger partial charge on any atom is -0.378 e. The Morgan fingerprint density at radius 1 is 1.29 bits per heavy atom. The van der Waals surface area contributed by atoms with Crippen LogP contribution < -0.4 is 5.32 Å². The summed E-state index contributed by atoms with van der Waals surface area (Å²) < 4.78 is 27.0. The second-order valence-electron chi connectivity index (χ2n) is 3.70. The highest BCUT2D eigenvalue weighted by Gasteiger charge is 2.18. The minimum absolute atomic E-state index is 0.0551. The largest absolute Gasteiger partial charge is 0.378 e. The van der Waals surface area contributed by atoms with Crippen LogP contribution in [0.4, 0.5) is 20.2 Å². The molecule has 0 unspecified atom stereocenters.